The van der Waals surface area contributed by atoms with Gasteiger partial charge in [0, 0.05) is 9.52 Å². The van der Waals surface area contributed by atoms with E-state index in [2.05, 4.69) is 150 Å². The molecular weight excluding hydrogens is 671 g/mol. The van der Waals surface area contributed by atoms with Crippen LogP contribution >= 0.6 is 17.0 Å². The van der Waals surface area contributed by atoms with Gasteiger partial charge in [0.05, 0.1) is 0 Å². The van der Waals surface area contributed by atoms with E-state index < -0.39 is 20.8 Å². The van der Waals surface area contributed by atoms with Crippen LogP contribution < -0.4 is 0 Å². The van der Waals surface area contributed by atoms with E-state index >= 15 is 0 Å². The molecule has 0 saturated carbocycles. The first-order chi connectivity index (χ1) is 21.5. The molecule has 0 saturated heterocycles. The zero-order valence-electron chi connectivity index (χ0n) is 27.0. The average Bonchev–Trinajstić information content (AvgIpc) is 3.70. The molecule has 0 aromatic heterocycles. The second kappa shape index (κ2) is 19.3. The Morgan fingerprint density at radius 3 is 1.25 bits per heavy atom. The van der Waals surface area contributed by atoms with E-state index in [1.165, 1.54) is 66.1 Å². The Hall–Kier alpha value is -2.22. The summed E-state index contributed by atoms with van der Waals surface area (Å²) in [6.07, 6.45) is 4.38. The molecule has 0 bridgehead atoms. The zero-order valence-corrected chi connectivity index (χ0v) is 31.9. The molecule has 0 fully saturated rings. The van der Waals surface area contributed by atoms with Crippen molar-refractivity contribution in [2.75, 3.05) is 0 Å². The minimum absolute atomic E-state index is 0.826. The standard InChI is InChI=1S/2C19H19.C2H6Si.2ClH.Zr/c2*1-3-14-7-5-8-16(11-14)18-10-6-9-17-12-15(4-2)13-19(17)18;1-3-2;;;/h2*5-13H,3-4H2,1-2H3;1-2H3;2*1H;/q2*-1;;;;+4/p-2. The topological polar surface area (TPSA) is 0 Å². The summed E-state index contributed by atoms with van der Waals surface area (Å²) in [5.41, 5.74) is 11.0. The Morgan fingerprint density at radius 1 is 0.545 bits per heavy atom. The van der Waals surface area contributed by atoms with Crippen LogP contribution in [0.4, 0.5) is 0 Å². The van der Waals surface area contributed by atoms with Crippen molar-refractivity contribution in [2.45, 2.75) is 66.5 Å². The van der Waals surface area contributed by atoms with E-state index in [0.717, 1.165) is 35.2 Å². The number of aryl methyl sites for hydroxylation is 4. The van der Waals surface area contributed by atoms with E-state index in [-0.39, 0.29) is 0 Å². The summed E-state index contributed by atoms with van der Waals surface area (Å²) in [5.74, 6) is 0. The van der Waals surface area contributed by atoms with Crippen molar-refractivity contribution in [2.24, 2.45) is 0 Å². The van der Waals surface area contributed by atoms with Crippen molar-refractivity contribution < 1.29 is 20.8 Å². The molecule has 6 rings (SSSR count). The predicted octanol–water partition coefficient (Wildman–Crippen LogP) is 12.9. The number of hydrogen-bond acceptors (Lipinski definition) is 0. The third kappa shape index (κ3) is 9.89. The van der Waals surface area contributed by atoms with Crippen molar-refractivity contribution >= 4 is 48.1 Å². The number of halogens is 2. The Morgan fingerprint density at radius 2 is 0.909 bits per heavy atom. The SMILES string of the molecule is CCc1cccc(-c2cccc3[cH-]c(CC)cc23)c1.CCc1cccc(-c2cccc3[cH-]c(CC)cc23)c1.C[Si]C.[Cl][Zr+2][Cl]. The maximum atomic E-state index is 4.93. The van der Waals surface area contributed by atoms with Gasteiger partial charge >= 0.3 is 37.9 Å². The third-order valence-electron chi connectivity index (χ3n) is 7.73. The van der Waals surface area contributed by atoms with Crippen molar-refractivity contribution in [3.05, 3.63) is 131 Å². The van der Waals surface area contributed by atoms with Crippen molar-refractivity contribution in [1.29, 1.82) is 0 Å². The van der Waals surface area contributed by atoms with Gasteiger partial charge in [0.1, 0.15) is 0 Å². The molecule has 0 nitrogen and oxygen atoms in total. The summed E-state index contributed by atoms with van der Waals surface area (Å²) in [5, 5.41) is 5.48. The molecule has 2 radical (unpaired) electrons. The van der Waals surface area contributed by atoms with Crippen molar-refractivity contribution in [1.82, 2.24) is 0 Å². The molecule has 0 spiro atoms. The quantitative estimate of drug-likeness (QED) is 0.119. The normalized spacial score (nSPS) is 10.2. The Kier molecular flexibility index (Phi) is 15.9. The van der Waals surface area contributed by atoms with Gasteiger partial charge < -0.3 is 0 Å². The van der Waals surface area contributed by atoms with Crippen LogP contribution in [0.3, 0.4) is 0 Å². The second-order valence-corrected chi connectivity index (χ2v) is 15.5. The van der Waals surface area contributed by atoms with Gasteiger partial charge in [0.25, 0.3) is 0 Å². The number of benzene rings is 4. The Bertz CT molecular complexity index is 1580. The van der Waals surface area contributed by atoms with Crippen LogP contribution in [0.5, 0.6) is 0 Å². The molecule has 0 aliphatic carbocycles. The van der Waals surface area contributed by atoms with Crippen LogP contribution in [0.25, 0.3) is 43.8 Å². The van der Waals surface area contributed by atoms with Crippen LogP contribution in [0.2, 0.25) is 13.1 Å². The van der Waals surface area contributed by atoms with Gasteiger partial charge in [-0.25, -0.2) is 0 Å². The van der Waals surface area contributed by atoms with Crippen LogP contribution in [-0.2, 0) is 46.5 Å². The number of hydrogen-bond donors (Lipinski definition) is 0. The minimum atomic E-state index is -0.826. The predicted molar refractivity (Wildman–Crippen MR) is 197 cm³/mol. The second-order valence-electron chi connectivity index (χ2n) is 10.7. The first-order valence-electron chi connectivity index (χ1n) is 15.6. The molecule has 0 amide bonds. The molecule has 0 atom stereocenters. The van der Waals surface area contributed by atoms with Gasteiger partial charge in [-0.15, -0.1) is 69.1 Å². The molecule has 226 valence electrons. The van der Waals surface area contributed by atoms with E-state index in [4.69, 9.17) is 17.0 Å². The van der Waals surface area contributed by atoms with Gasteiger partial charge in [-0.1, -0.05) is 113 Å². The summed E-state index contributed by atoms with van der Waals surface area (Å²) >= 11 is -0.826. The monoisotopic (exact) mass is 712 g/mol. The first kappa shape index (κ1) is 36.3. The van der Waals surface area contributed by atoms with Crippen LogP contribution in [-0.4, -0.2) is 9.52 Å². The van der Waals surface area contributed by atoms with E-state index in [1.54, 1.807) is 0 Å². The molecule has 6 aromatic rings. The Labute approximate surface area is 287 Å². The summed E-state index contributed by atoms with van der Waals surface area (Å²) in [6, 6.07) is 40.3. The first-order valence-corrected chi connectivity index (χ1v) is 23.9. The zero-order chi connectivity index (χ0) is 31.9. The Balaban J connectivity index is 0.000000204. The summed E-state index contributed by atoms with van der Waals surface area (Å²) in [6.45, 7) is 13.1. The van der Waals surface area contributed by atoms with Gasteiger partial charge in [-0.2, -0.15) is 12.1 Å². The van der Waals surface area contributed by atoms with Crippen molar-refractivity contribution in [3.8, 4) is 22.3 Å². The molecule has 0 aliphatic rings. The molecule has 44 heavy (non-hydrogen) atoms. The fourth-order valence-corrected chi connectivity index (χ4v) is 5.42. The van der Waals surface area contributed by atoms with Crippen molar-refractivity contribution in [3.63, 3.8) is 0 Å². The number of fused-ring (bicyclic) bond motifs is 2. The summed E-state index contributed by atoms with van der Waals surface area (Å²) < 4.78 is 0. The molecule has 6 aromatic carbocycles. The third-order valence-corrected chi connectivity index (χ3v) is 7.73. The fraction of sp³-hybridized carbons (Fsp3) is 0.250. The fourth-order valence-electron chi connectivity index (χ4n) is 5.42. The molecule has 4 heteroatoms. The average molecular weight is 715 g/mol. The van der Waals surface area contributed by atoms with Crippen LogP contribution in [0.1, 0.15) is 49.9 Å². The van der Waals surface area contributed by atoms with Gasteiger partial charge in [-0.05, 0) is 47.9 Å². The number of rotatable bonds is 6. The van der Waals surface area contributed by atoms with E-state index in [0.29, 0.717) is 0 Å². The molecule has 0 unspecified atom stereocenters. The van der Waals surface area contributed by atoms with E-state index in [9.17, 15) is 0 Å². The maximum absolute atomic E-state index is 4.93. The van der Waals surface area contributed by atoms with Gasteiger partial charge in [0.2, 0.25) is 0 Å². The van der Waals surface area contributed by atoms with Gasteiger partial charge in [-0.3, -0.25) is 0 Å². The molecular formula is C40H44Cl2SiZr. The van der Waals surface area contributed by atoms with E-state index in [1.807, 2.05) is 0 Å². The van der Waals surface area contributed by atoms with Gasteiger partial charge in [0.15, 0.2) is 0 Å². The summed E-state index contributed by atoms with van der Waals surface area (Å²) in [4.78, 5) is 0. The summed E-state index contributed by atoms with van der Waals surface area (Å²) in [7, 11) is 11.0. The molecule has 0 heterocycles. The van der Waals surface area contributed by atoms with Crippen LogP contribution in [0, 0.1) is 0 Å². The van der Waals surface area contributed by atoms with Crippen LogP contribution in [0.15, 0.2) is 109 Å². The molecule has 0 aliphatic heterocycles. The molecule has 0 N–H and O–H groups in total.